The van der Waals surface area contributed by atoms with E-state index in [1.807, 2.05) is 24.7 Å². The summed E-state index contributed by atoms with van der Waals surface area (Å²) in [6.07, 6.45) is 10.7. The molecule has 7 heteroatoms. The van der Waals surface area contributed by atoms with Gasteiger partial charge in [0.25, 0.3) is 5.91 Å². The first-order valence-corrected chi connectivity index (χ1v) is 9.05. The SMILES string of the molecule is O=C(c1ncccc1O)N1CCC(c2nccn2Cc2cccnc2)CC1. The van der Waals surface area contributed by atoms with Gasteiger partial charge in [-0.25, -0.2) is 9.97 Å². The fourth-order valence-corrected chi connectivity index (χ4v) is 3.55. The van der Waals surface area contributed by atoms with Crippen molar-refractivity contribution in [2.24, 2.45) is 0 Å². The van der Waals surface area contributed by atoms with Gasteiger partial charge in [0.15, 0.2) is 5.69 Å². The van der Waals surface area contributed by atoms with Crippen LogP contribution in [0.15, 0.2) is 55.2 Å². The van der Waals surface area contributed by atoms with E-state index in [1.54, 1.807) is 17.2 Å². The highest BCUT2D eigenvalue weighted by molar-refractivity contribution is 5.94. The summed E-state index contributed by atoms with van der Waals surface area (Å²) in [6.45, 7) is 1.99. The average Bonchev–Trinajstić information content (AvgIpc) is 3.17. The highest BCUT2D eigenvalue weighted by Crippen LogP contribution is 2.28. The van der Waals surface area contributed by atoms with Crippen LogP contribution in [0.1, 0.15) is 40.6 Å². The van der Waals surface area contributed by atoms with Gasteiger partial charge in [-0.1, -0.05) is 6.07 Å². The average molecular weight is 363 g/mol. The number of nitrogens with zero attached hydrogens (tertiary/aromatic N) is 5. The number of carbonyl (C=O) groups excluding carboxylic acids is 1. The Balaban J connectivity index is 1.42. The summed E-state index contributed by atoms with van der Waals surface area (Å²) in [6, 6.07) is 7.09. The number of aromatic hydroxyl groups is 1. The highest BCUT2D eigenvalue weighted by Gasteiger charge is 2.28. The number of carbonyl (C=O) groups is 1. The molecular formula is C20H21N5O2. The number of rotatable bonds is 4. The molecule has 0 saturated carbocycles. The van der Waals surface area contributed by atoms with Crippen LogP contribution in [0.3, 0.4) is 0 Å². The minimum atomic E-state index is -0.217. The summed E-state index contributed by atoms with van der Waals surface area (Å²) in [5.74, 6) is 1.06. The van der Waals surface area contributed by atoms with Crippen molar-refractivity contribution >= 4 is 5.91 Å². The van der Waals surface area contributed by atoms with Crippen molar-refractivity contribution in [3.05, 3.63) is 72.3 Å². The standard InChI is InChI=1S/C20H21N5O2/c26-17-4-2-8-22-18(17)20(27)24-10-5-16(6-11-24)19-23-9-12-25(19)14-15-3-1-7-21-13-15/h1-4,7-9,12-13,16,26H,5-6,10-11,14H2. The maximum Gasteiger partial charge on any atom is 0.276 e. The van der Waals surface area contributed by atoms with Gasteiger partial charge in [0.2, 0.25) is 0 Å². The van der Waals surface area contributed by atoms with E-state index in [1.165, 1.54) is 12.3 Å². The molecule has 1 fully saturated rings. The Morgan fingerprint density at radius 1 is 1.11 bits per heavy atom. The maximum atomic E-state index is 12.6. The summed E-state index contributed by atoms with van der Waals surface area (Å²) in [5.41, 5.74) is 1.25. The Kier molecular flexibility index (Phi) is 4.82. The van der Waals surface area contributed by atoms with E-state index in [2.05, 4.69) is 25.6 Å². The Labute approximate surface area is 157 Å². The topological polar surface area (TPSA) is 84.1 Å². The molecule has 3 aromatic heterocycles. The molecule has 27 heavy (non-hydrogen) atoms. The van der Waals surface area contributed by atoms with Crippen LogP contribution < -0.4 is 0 Å². The number of pyridine rings is 2. The Morgan fingerprint density at radius 2 is 1.93 bits per heavy atom. The minimum absolute atomic E-state index is 0.0726. The third-order valence-electron chi connectivity index (χ3n) is 4.96. The summed E-state index contributed by atoms with van der Waals surface area (Å²) in [7, 11) is 0. The molecule has 1 aliphatic heterocycles. The van der Waals surface area contributed by atoms with E-state index in [-0.39, 0.29) is 17.4 Å². The lowest BCUT2D eigenvalue weighted by molar-refractivity contribution is 0.0701. The van der Waals surface area contributed by atoms with E-state index >= 15 is 0 Å². The number of likely N-dealkylation sites (tertiary alicyclic amines) is 1. The van der Waals surface area contributed by atoms with Crippen molar-refractivity contribution in [3.63, 3.8) is 0 Å². The molecule has 4 heterocycles. The van der Waals surface area contributed by atoms with Crippen molar-refractivity contribution in [1.29, 1.82) is 0 Å². The molecule has 0 aliphatic carbocycles. The fourth-order valence-electron chi connectivity index (χ4n) is 3.55. The van der Waals surface area contributed by atoms with Crippen molar-refractivity contribution in [1.82, 2.24) is 24.4 Å². The molecule has 3 aromatic rings. The molecule has 138 valence electrons. The number of hydrogen-bond acceptors (Lipinski definition) is 5. The van der Waals surface area contributed by atoms with Gasteiger partial charge in [-0.3, -0.25) is 9.78 Å². The van der Waals surface area contributed by atoms with Gasteiger partial charge in [-0.2, -0.15) is 0 Å². The Bertz CT molecular complexity index is 917. The van der Waals surface area contributed by atoms with E-state index in [0.29, 0.717) is 19.0 Å². The molecule has 1 saturated heterocycles. The van der Waals surface area contributed by atoms with Crippen LogP contribution in [-0.2, 0) is 6.54 Å². The van der Waals surface area contributed by atoms with Gasteiger partial charge in [0.1, 0.15) is 11.6 Å². The lowest BCUT2D eigenvalue weighted by Gasteiger charge is -2.31. The third-order valence-corrected chi connectivity index (χ3v) is 4.96. The van der Waals surface area contributed by atoms with Crippen LogP contribution in [0.25, 0.3) is 0 Å². The lowest BCUT2D eigenvalue weighted by atomic mass is 9.95. The normalized spacial score (nSPS) is 15.0. The van der Waals surface area contributed by atoms with Gasteiger partial charge in [0, 0.05) is 50.0 Å². The van der Waals surface area contributed by atoms with Crippen molar-refractivity contribution < 1.29 is 9.90 Å². The molecule has 0 aromatic carbocycles. The third kappa shape index (κ3) is 3.67. The van der Waals surface area contributed by atoms with Crippen molar-refractivity contribution in [3.8, 4) is 5.75 Å². The summed E-state index contributed by atoms with van der Waals surface area (Å²) < 4.78 is 2.16. The molecule has 4 rings (SSSR count). The predicted molar refractivity (Wildman–Crippen MR) is 99.3 cm³/mol. The summed E-state index contributed by atoms with van der Waals surface area (Å²) >= 11 is 0. The zero-order chi connectivity index (χ0) is 18.6. The monoisotopic (exact) mass is 363 g/mol. The quantitative estimate of drug-likeness (QED) is 0.770. The Morgan fingerprint density at radius 3 is 2.67 bits per heavy atom. The number of amides is 1. The van der Waals surface area contributed by atoms with Gasteiger partial charge >= 0.3 is 0 Å². The van der Waals surface area contributed by atoms with Crippen LogP contribution in [0.5, 0.6) is 5.75 Å². The first kappa shape index (κ1) is 17.2. The fraction of sp³-hybridized carbons (Fsp3) is 0.300. The number of aromatic nitrogens is 4. The van der Waals surface area contributed by atoms with Gasteiger partial charge in [-0.05, 0) is 36.6 Å². The zero-order valence-corrected chi connectivity index (χ0v) is 14.9. The summed E-state index contributed by atoms with van der Waals surface area (Å²) in [5, 5.41) is 9.86. The van der Waals surface area contributed by atoms with Gasteiger partial charge < -0.3 is 14.6 Å². The van der Waals surface area contributed by atoms with Crippen LogP contribution in [0.4, 0.5) is 0 Å². The van der Waals surface area contributed by atoms with Crippen LogP contribution in [0, 0.1) is 0 Å². The lowest BCUT2D eigenvalue weighted by Crippen LogP contribution is -2.38. The molecule has 1 amide bonds. The molecule has 0 unspecified atom stereocenters. The second-order valence-electron chi connectivity index (χ2n) is 6.71. The minimum Gasteiger partial charge on any atom is -0.505 e. The number of piperidine rings is 1. The molecule has 0 radical (unpaired) electrons. The van der Waals surface area contributed by atoms with Crippen molar-refractivity contribution in [2.45, 2.75) is 25.3 Å². The predicted octanol–water partition coefficient (Wildman–Crippen LogP) is 2.45. The molecule has 0 spiro atoms. The molecule has 7 nitrogen and oxygen atoms in total. The first-order valence-electron chi connectivity index (χ1n) is 9.05. The van der Waals surface area contributed by atoms with Crippen LogP contribution in [-0.4, -0.2) is 48.5 Å². The van der Waals surface area contributed by atoms with E-state index in [0.717, 1.165) is 30.8 Å². The highest BCUT2D eigenvalue weighted by atomic mass is 16.3. The zero-order valence-electron chi connectivity index (χ0n) is 14.9. The van der Waals surface area contributed by atoms with Gasteiger partial charge in [-0.15, -0.1) is 0 Å². The first-order chi connectivity index (χ1) is 13.2. The molecule has 1 N–H and O–H groups in total. The maximum absolute atomic E-state index is 12.6. The van der Waals surface area contributed by atoms with Crippen molar-refractivity contribution in [2.75, 3.05) is 13.1 Å². The molecule has 1 aliphatic rings. The Hall–Kier alpha value is -3.22. The molecule has 0 bridgehead atoms. The smallest absolute Gasteiger partial charge is 0.276 e. The number of imidazole rings is 1. The van der Waals surface area contributed by atoms with Gasteiger partial charge in [0.05, 0.1) is 6.54 Å². The van der Waals surface area contributed by atoms with Crippen LogP contribution in [0.2, 0.25) is 0 Å². The van der Waals surface area contributed by atoms with Crippen LogP contribution >= 0.6 is 0 Å². The van der Waals surface area contributed by atoms with E-state index in [9.17, 15) is 9.90 Å². The van der Waals surface area contributed by atoms with E-state index < -0.39 is 0 Å². The molecular weight excluding hydrogens is 342 g/mol. The summed E-state index contributed by atoms with van der Waals surface area (Å²) in [4.78, 5) is 27.1. The van der Waals surface area contributed by atoms with E-state index in [4.69, 9.17) is 0 Å². The second-order valence-corrected chi connectivity index (χ2v) is 6.71. The molecule has 0 atom stereocenters. The number of hydrogen-bond donors (Lipinski definition) is 1. The second kappa shape index (κ2) is 7.57. The largest absolute Gasteiger partial charge is 0.505 e.